The first-order valence-corrected chi connectivity index (χ1v) is 6.35. The van der Waals surface area contributed by atoms with E-state index in [0.29, 0.717) is 11.5 Å². The summed E-state index contributed by atoms with van der Waals surface area (Å²) in [5.74, 6) is 2.14. The smallest absolute Gasteiger partial charge is 0.231 e. The summed E-state index contributed by atoms with van der Waals surface area (Å²) in [6, 6.07) is 11.7. The standard InChI is InChI=1S/C16H15NO3/c1-11-5-3-4-6-13(11)17-9-12-7-15-16(20-10-19-15)8-14(12)18-2/h3-9H,10H2,1-2H3. The molecule has 0 N–H and O–H groups in total. The Balaban J connectivity index is 1.96. The molecule has 0 radical (unpaired) electrons. The SMILES string of the molecule is COc1cc2c(cc1C=Nc1ccccc1C)OCO2. The van der Waals surface area contributed by atoms with Gasteiger partial charge in [0.05, 0.1) is 12.8 Å². The Hall–Kier alpha value is -2.49. The van der Waals surface area contributed by atoms with Gasteiger partial charge in [-0.05, 0) is 24.6 Å². The van der Waals surface area contributed by atoms with E-state index in [0.717, 1.165) is 22.6 Å². The molecule has 0 atom stereocenters. The van der Waals surface area contributed by atoms with Crippen LogP contribution in [0.5, 0.6) is 17.2 Å². The van der Waals surface area contributed by atoms with Crippen LogP contribution in [0.2, 0.25) is 0 Å². The van der Waals surface area contributed by atoms with Crippen molar-refractivity contribution in [2.45, 2.75) is 6.92 Å². The quantitative estimate of drug-likeness (QED) is 0.801. The van der Waals surface area contributed by atoms with Crippen molar-refractivity contribution in [3.63, 3.8) is 0 Å². The van der Waals surface area contributed by atoms with Crippen LogP contribution in [0.15, 0.2) is 41.4 Å². The highest BCUT2D eigenvalue weighted by Gasteiger charge is 2.16. The molecule has 1 aliphatic heterocycles. The number of hydrogen-bond acceptors (Lipinski definition) is 4. The molecular formula is C16H15NO3. The van der Waals surface area contributed by atoms with E-state index in [1.807, 2.05) is 43.3 Å². The Morgan fingerprint density at radius 2 is 1.90 bits per heavy atom. The number of aryl methyl sites for hydroxylation is 1. The van der Waals surface area contributed by atoms with Gasteiger partial charge in [0.2, 0.25) is 6.79 Å². The van der Waals surface area contributed by atoms with Gasteiger partial charge in [-0.15, -0.1) is 0 Å². The van der Waals surface area contributed by atoms with Gasteiger partial charge in [0.1, 0.15) is 5.75 Å². The Kier molecular flexibility index (Phi) is 3.29. The molecule has 4 heteroatoms. The Morgan fingerprint density at radius 1 is 1.15 bits per heavy atom. The van der Waals surface area contributed by atoms with Crippen LogP contribution in [0, 0.1) is 6.92 Å². The molecule has 0 fully saturated rings. The summed E-state index contributed by atoms with van der Waals surface area (Å²) < 4.78 is 16.1. The fraction of sp³-hybridized carbons (Fsp3) is 0.188. The lowest BCUT2D eigenvalue weighted by Crippen LogP contribution is -1.92. The third kappa shape index (κ3) is 2.32. The van der Waals surface area contributed by atoms with Crippen molar-refractivity contribution < 1.29 is 14.2 Å². The number of aliphatic imine (C=N–C) groups is 1. The van der Waals surface area contributed by atoms with Gasteiger partial charge in [0.25, 0.3) is 0 Å². The molecule has 0 unspecified atom stereocenters. The minimum atomic E-state index is 0.247. The predicted molar refractivity (Wildman–Crippen MR) is 77.6 cm³/mol. The molecule has 0 saturated heterocycles. The number of nitrogens with zero attached hydrogens (tertiary/aromatic N) is 1. The third-order valence-electron chi connectivity index (χ3n) is 3.18. The van der Waals surface area contributed by atoms with Gasteiger partial charge in [-0.3, -0.25) is 4.99 Å². The number of methoxy groups -OCH3 is 1. The van der Waals surface area contributed by atoms with E-state index in [-0.39, 0.29) is 6.79 Å². The Morgan fingerprint density at radius 3 is 2.65 bits per heavy atom. The maximum Gasteiger partial charge on any atom is 0.231 e. The molecule has 0 aromatic heterocycles. The second-order valence-electron chi connectivity index (χ2n) is 4.49. The lowest BCUT2D eigenvalue weighted by molar-refractivity contribution is 0.174. The number of para-hydroxylation sites is 1. The zero-order chi connectivity index (χ0) is 13.9. The molecule has 0 amide bonds. The molecule has 0 aliphatic carbocycles. The average molecular weight is 269 g/mol. The topological polar surface area (TPSA) is 40.0 Å². The van der Waals surface area contributed by atoms with Crippen LogP contribution >= 0.6 is 0 Å². The summed E-state index contributed by atoms with van der Waals surface area (Å²) >= 11 is 0. The predicted octanol–water partition coefficient (Wildman–Crippen LogP) is 3.48. The van der Waals surface area contributed by atoms with E-state index < -0.39 is 0 Å². The molecule has 0 bridgehead atoms. The van der Waals surface area contributed by atoms with Crippen LogP contribution in [0.1, 0.15) is 11.1 Å². The minimum Gasteiger partial charge on any atom is -0.496 e. The fourth-order valence-corrected chi connectivity index (χ4v) is 2.06. The molecule has 2 aromatic rings. The lowest BCUT2D eigenvalue weighted by atomic mass is 10.1. The summed E-state index contributed by atoms with van der Waals surface area (Å²) in [4.78, 5) is 4.51. The maximum atomic E-state index is 5.37. The molecule has 2 aromatic carbocycles. The highest BCUT2D eigenvalue weighted by Crippen LogP contribution is 2.37. The second-order valence-corrected chi connectivity index (χ2v) is 4.49. The first-order valence-electron chi connectivity index (χ1n) is 6.35. The molecule has 20 heavy (non-hydrogen) atoms. The van der Waals surface area contributed by atoms with E-state index in [4.69, 9.17) is 14.2 Å². The Labute approximate surface area is 117 Å². The summed E-state index contributed by atoms with van der Waals surface area (Å²) in [6.07, 6.45) is 1.78. The van der Waals surface area contributed by atoms with Crippen LogP contribution < -0.4 is 14.2 Å². The molecule has 102 valence electrons. The van der Waals surface area contributed by atoms with Gasteiger partial charge >= 0.3 is 0 Å². The molecule has 4 nitrogen and oxygen atoms in total. The monoisotopic (exact) mass is 269 g/mol. The van der Waals surface area contributed by atoms with Gasteiger partial charge in [-0.1, -0.05) is 18.2 Å². The lowest BCUT2D eigenvalue weighted by Gasteiger charge is -2.06. The van der Waals surface area contributed by atoms with Gasteiger partial charge in [0, 0.05) is 17.8 Å². The average Bonchev–Trinajstić information content (AvgIpc) is 2.92. The Bertz CT molecular complexity index is 665. The number of rotatable bonds is 3. The summed E-state index contributed by atoms with van der Waals surface area (Å²) in [5, 5.41) is 0. The summed E-state index contributed by atoms with van der Waals surface area (Å²) in [5.41, 5.74) is 2.93. The fourth-order valence-electron chi connectivity index (χ4n) is 2.06. The third-order valence-corrected chi connectivity index (χ3v) is 3.18. The molecule has 0 spiro atoms. The van der Waals surface area contributed by atoms with E-state index >= 15 is 0 Å². The van der Waals surface area contributed by atoms with Crippen LogP contribution in [0.3, 0.4) is 0 Å². The number of hydrogen-bond donors (Lipinski definition) is 0. The number of benzene rings is 2. The van der Waals surface area contributed by atoms with Crippen molar-refractivity contribution in [3.05, 3.63) is 47.5 Å². The normalized spacial score (nSPS) is 12.9. The molecule has 1 aliphatic rings. The number of ether oxygens (including phenoxy) is 3. The largest absolute Gasteiger partial charge is 0.496 e. The van der Waals surface area contributed by atoms with Crippen molar-refractivity contribution >= 4 is 11.9 Å². The van der Waals surface area contributed by atoms with Crippen molar-refractivity contribution in [1.29, 1.82) is 0 Å². The van der Waals surface area contributed by atoms with E-state index in [2.05, 4.69) is 4.99 Å². The van der Waals surface area contributed by atoms with E-state index in [1.165, 1.54) is 0 Å². The van der Waals surface area contributed by atoms with Crippen molar-refractivity contribution in [2.24, 2.45) is 4.99 Å². The summed E-state index contributed by atoms with van der Waals surface area (Å²) in [7, 11) is 1.63. The minimum absolute atomic E-state index is 0.247. The highest BCUT2D eigenvalue weighted by atomic mass is 16.7. The van der Waals surface area contributed by atoms with Crippen LogP contribution in [-0.2, 0) is 0 Å². The van der Waals surface area contributed by atoms with E-state index in [9.17, 15) is 0 Å². The number of fused-ring (bicyclic) bond motifs is 1. The van der Waals surface area contributed by atoms with Gasteiger partial charge in [-0.25, -0.2) is 0 Å². The van der Waals surface area contributed by atoms with Gasteiger partial charge in [0.15, 0.2) is 11.5 Å². The first kappa shape index (κ1) is 12.5. The van der Waals surface area contributed by atoms with E-state index in [1.54, 1.807) is 13.3 Å². The second kappa shape index (κ2) is 5.25. The van der Waals surface area contributed by atoms with Gasteiger partial charge in [-0.2, -0.15) is 0 Å². The van der Waals surface area contributed by atoms with Crippen LogP contribution in [0.25, 0.3) is 0 Å². The van der Waals surface area contributed by atoms with Crippen molar-refractivity contribution in [1.82, 2.24) is 0 Å². The highest BCUT2D eigenvalue weighted by molar-refractivity contribution is 5.87. The molecule has 0 saturated carbocycles. The molecule has 1 heterocycles. The zero-order valence-electron chi connectivity index (χ0n) is 11.4. The van der Waals surface area contributed by atoms with Gasteiger partial charge < -0.3 is 14.2 Å². The zero-order valence-corrected chi connectivity index (χ0v) is 11.4. The molecule has 3 rings (SSSR count). The van der Waals surface area contributed by atoms with Crippen molar-refractivity contribution in [2.75, 3.05) is 13.9 Å². The van der Waals surface area contributed by atoms with Crippen LogP contribution in [0.4, 0.5) is 5.69 Å². The van der Waals surface area contributed by atoms with Crippen LogP contribution in [-0.4, -0.2) is 20.1 Å². The van der Waals surface area contributed by atoms with Crippen molar-refractivity contribution in [3.8, 4) is 17.2 Å². The summed E-state index contributed by atoms with van der Waals surface area (Å²) in [6.45, 7) is 2.28. The maximum absolute atomic E-state index is 5.37. The first-order chi connectivity index (χ1) is 9.78. The molecular weight excluding hydrogens is 254 g/mol.